The molecule has 1 atom stereocenters. The van der Waals surface area contributed by atoms with Crippen LogP contribution in [0.25, 0.3) is 0 Å². The summed E-state index contributed by atoms with van der Waals surface area (Å²) in [7, 11) is 0. The molecule has 1 aromatic heterocycles. The Morgan fingerprint density at radius 3 is 2.52 bits per heavy atom. The minimum absolute atomic E-state index is 0.0492. The molecule has 2 aliphatic carbocycles. The summed E-state index contributed by atoms with van der Waals surface area (Å²) >= 11 is 0. The number of hydrogen-bond donors (Lipinski definition) is 1. The lowest BCUT2D eigenvalue weighted by molar-refractivity contribution is -0.135. The molecule has 5 rings (SSSR count). The number of likely N-dealkylation sites (tertiary alicyclic amines) is 1. The quantitative estimate of drug-likeness (QED) is 0.850. The summed E-state index contributed by atoms with van der Waals surface area (Å²) < 4.78 is 0. The molecule has 2 saturated carbocycles. The molecule has 3 heterocycles. The Morgan fingerprint density at radius 2 is 1.72 bits per heavy atom. The first kappa shape index (κ1) is 19.3. The van der Waals surface area contributed by atoms with E-state index in [0.29, 0.717) is 18.5 Å². The lowest BCUT2D eigenvalue weighted by Crippen LogP contribution is -2.41. The summed E-state index contributed by atoms with van der Waals surface area (Å²) in [5, 5.41) is 0. The van der Waals surface area contributed by atoms with E-state index in [1.54, 1.807) is 0 Å². The van der Waals surface area contributed by atoms with Crippen LogP contribution in [0.5, 0.6) is 0 Å². The minimum atomic E-state index is 0.0492. The first-order chi connectivity index (χ1) is 14.2. The predicted octanol–water partition coefficient (Wildman–Crippen LogP) is 2.97. The van der Waals surface area contributed by atoms with Crippen LogP contribution in [0.3, 0.4) is 0 Å². The van der Waals surface area contributed by atoms with Gasteiger partial charge in [-0.1, -0.05) is 32.1 Å². The third-order valence-electron chi connectivity index (χ3n) is 7.80. The highest BCUT2D eigenvalue weighted by atomic mass is 16.2. The van der Waals surface area contributed by atoms with Gasteiger partial charge in [0.15, 0.2) is 0 Å². The zero-order valence-corrected chi connectivity index (χ0v) is 17.5. The smallest absolute Gasteiger partial charge is 0.254 e. The molecular formula is C23H34N4O2. The van der Waals surface area contributed by atoms with Crippen LogP contribution in [0.4, 0.5) is 0 Å². The molecule has 0 aromatic carbocycles. The molecule has 1 N–H and O–H groups in total. The number of nitrogens with one attached hydrogen (secondary N) is 1. The van der Waals surface area contributed by atoms with Crippen molar-refractivity contribution in [3.05, 3.63) is 27.4 Å². The lowest BCUT2D eigenvalue weighted by atomic mass is 9.88. The standard InChI is InChI=1S/C23H34N4O2/c28-22-19-11-13-26(18-8-4-5-9-18)15-20(19)24-21(25-22)17-10-12-27(14-17)23(29)16-6-2-1-3-7-16/h16-18H,1-15H2,(H,24,25,28)/t17-/m0/s1. The van der Waals surface area contributed by atoms with Gasteiger partial charge < -0.3 is 9.88 Å². The van der Waals surface area contributed by atoms with Crippen molar-refractivity contribution in [1.29, 1.82) is 0 Å². The normalized spacial score (nSPS) is 26.8. The number of aromatic nitrogens is 2. The molecule has 0 unspecified atom stereocenters. The Balaban J connectivity index is 1.29. The molecule has 1 aromatic rings. The number of aromatic amines is 1. The second kappa shape index (κ2) is 8.21. The molecule has 0 radical (unpaired) electrons. The van der Waals surface area contributed by atoms with E-state index in [0.717, 1.165) is 62.4 Å². The van der Waals surface area contributed by atoms with Crippen molar-refractivity contribution in [2.24, 2.45) is 5.92 Å². The monoisotopic (exact) mass is 398 g/mol. The summed E-state index contributed by atoms with van der Waals surface area (Å²) in [5.74, 6) is 1.53. The van der Waals surface area contributed by atoms with E-state index in [1.807, 2.05) is 4.90 Å². The number of H-pyrrole nitrogens is 1. The third-order valence-corrected chi connectivity index (χ3v) is 7.80. The van der Waals surface area contributed by atoms with E-state index < -0.39 is 0 Å². The van der Waals surface area contributed by atoms with E-state index in [1.165, 1.54) is 44.9 Å². The molecule has 158 valence electrons. The van der Waals surface area contributed by atoms with Gasteiger partial charge in [-0.2, -0.15) is 0 Å². The van der Waals surface area contributed by atoms with Crippen LogP contribution in [0.2, 0.25) is 0 Å². The number of carbonyl (C=O) groups is 1. The number of fused-ring (bicyclic) bond motifs is 1. The van der Waals surface area contributed by atoms with Gasteiger partial charge in [0.2, 0.25) is 5.91 Å². The van der Waals surface area contributed by atoms with Crippen molar-refractivity contribution < 1.29 is 4.79 Å². The van der Waals surface area contributed by atoms with Gasteiger partial charge in [0.25, 0.3) is 5.56 Å². The fraction of sp³-hybridized carbons (Fsp3) is 0.783. The maximum Gasteiger partial charge on any atom is 0.254 e. The lowest BCUT2D eigenvalue weighted by Gasteiger charge is -2.32. The Kier molecular flexibility index (Phi) is 5.46. The highest BCUT2D eigenvalue weighted by Gasteiger charge is 2.34. The molecular weight excluding hydrogens is 364 g/mol. The van der Waals surface area contributed by atoms with Crippen molar-refractivity contribution in [3.8, 4) is 0 Å². The molecule has 0 bridgehead atoms. The first-order valence-electron chi connectivity index (χ1n) is 11.8. The molecule has 3 fully saturated rings. The van der Waals surface area contributed by atoms with Gasteiger partial charge >= 0.3 is 0 Å². The molecule has 6 nitrogen and oxygen atoms in total. The van der Waals surface area contributed by atoms with Gasteiger partial charge in [-0.25, -0.2) is 4.98 Å². The fourth-order valence-electron chi connectivity index (χ4n) is 6.04. The van der Waals surface area contributed by atoms with E-state index >= 15 is 0 Å². The van der Waals surface area contributed by atoms with Gasteiger partial charge in [0, 0.05) is 49.6 Å². The van der Waals surface area contributed by atoms with Crippen molar-refractivity contribution >= 4 is 5.91 Å². The van der Waals surface area contributed by atoms with Crippen LogP contribution >= 0.6 is 0 Å². The van der Waals surface area contributed by atoms with Gasteiger partial charge in [0.1, 0.15) is 5.82 Å². The topological polar surface area (TPSA) is 69.3 Å². The molecule has 1 amide bonds. The largest absolute Gasteiger partial charge is 0.342 e. The van der Waals surface area contributed by atoms with Gasteiger partial charge in [-0.15, -0.1) is 0 Å². The van der Waals surface area contributed by atoms with Crippen LogP contribution < -0.4 is 5.56 Å². The molecule has 1 saturated heterocycles. The highest BCUT2D eigenvalue weighted by molar-refractivity contribution is 5.79. The van der Waals surface area contributed by atoms with Crippen molar-refractivity contribution in [3.63, 3.8) is 0 Å². The van der Waals surface area contributed by atoms with E-state index in [4.69, 9.17) is 4.98 Å². The van der Waals surface area contributed by atoms with Crippen molar-refractivity contribution in [2.75, 3.05) is 19.6 Å². The van der Waals surface area contributed by atoms with Gasteiger partial charge in [-0.05, 0) is 38.5 Å². The van der Waals surface area contributed by atoms with E-state index in [2.05, 4.69) is 9.88 Å². The molecule has 0 spiro atoms. The highest BCUT2D eigenvalue weighted by Crippen LogP contribution is 2.31. The Hall–Kier alpha value is -1.69. The molecule has 4 aliphatic rings. The maximum absolute atomic E-state index is 12.9. The third kappa shape index (κ3) is 3.88. The van der Waals surface area contributed by atoms with E-state index in [-0.39, 0.29) is 17.4 Å². The Labute approximate surface area is 173 Å². The van der Waals surface area contributed by atoms with Gasteiger partial charge in [-0.3, -0.25) is 14.5 Å². The summed E-state index contributed by atoms with van der Waals surface area (Å²) in [6.07, 6.45) is 12.7. The van der Waals surface area contributed by atoms with Crippen molar-refractivity contribution in [2.45, 2.75) is 89.1 Å². The van der Waals surface area contributed by atoms with Crippen LogP contribution in [0.15, 0.2) is 4.79 Å². The molecule has 6 heteroatoms. The number of nitrogens with zero attached hydrogens (tertiary/aromatic N) is 3. The van der Waals surface area contributed by atoms with Crippen molar-refractivity contribution in [1.82, 2.24) is 19.8 Å². The first-order valence-corrected chi connectivity index (χ1v) is 11.8. The fourth-order valence-corrected chi connectivity index (χ4v) is 6.04. The average Bonchev–Trinajstić information content (AvgIpc) is 3.46. The number of rotatable bonds is 3. The predicted molar refractivity (Wildman–Crippen MR) is 112 cm³/mol. The van der Waals surface area contributed by atoms with Crippen LogP contribution in [-0.2, 0) is 17.8 Å². The summed E-state index contributed by atoms with van der Waals surface area (Å²) in [4.78, 5) is 38.2. The van der Waals surface area contributed by atoms with Crippen LogP contribution in [-0.4, -0.2) is 51.4 Å². The summed E-state index contributed by atoms with van der Waals surface area (Å²) in [6.45, 7) is 3.31. The molecule has 2 aliphatic heterocycles. The summed E-state index contributed by atoms with van der Waals surface area (Å²) in [5.41, 5.74) is 1.92. The molecule has 29 heavy (non-hydrogen) atoms. The Bertz CT molecular complexity index is 808. The second-order valence-corrected chi connectivity index (χ2v) is 9.64. The number of amides is 1. The van der Waals surface area contributed by atoms with E-state index in [9.17, 15) is 9.59 Å². The zero-order chi connectivity index (χ0) is 19.8. The minimum Gasteiger partial charge on any atom is -0.342 e. The second-order valence-electron chi connectivity index (χ2n) is 9.64. The Morgan fingerprint density at radius 1 is 0.966 bits per heavy atom. The van der Waals surface area contributed by atoms with Crippen LogP contribution in [0, 0.1) is 5.92 Å². The van der Waals surface area contributed by atoms with Crippen LogP contribution in [0.1, 0.15) is 87.2 Å². The average molecular weight is 399 g/mol. The van der Waals surface area contributed by atoms with Gasteiger partial charge in [0.05, 0.1) is 5.69 Å². The number of hydrogen-bond acceptors (Lipinski definition) is 4. The maximum atomic E-state index is 12.9. The number of carbonyl (C=O) groups excluding carboxylic acids is 1. The summed E-state index contributed by atoms with van der Waals surface area (Å²) in [6, 6.07) is 0.669. The zero-order valence-electron chi connectivity index (χ0n) is 17.5. The SMILES string of the molecule is O=C(C1CCCCC1)N1CC[C@H](c2nc3c(c(=O)[nH]2)CCN(C2CCCC2)C3)C1.